The average molecular weight is 345 g/mol. The molecular weight excluding hydrogens is 327 g/mol. The first-order chi connectivity index (χ1) is 9.49. The minimum Gasteiger partial charge on any atom is -0.480 e. The summed E-state index contributed by atoms with van der Waals surface area (Å²) in [5.41, 5.74) is 0. The fourth-order valence-electron chi connectivity index (χ4n) is 2.21. The Morgan fingerprint density at radius 1 is 1.60 bits per heavy atom. The van der Waals surface area contributed by atoms with Gasteiger partial charge in [-0.05, 0) is 48.0 Å². The molecule has 1 amide bonds. The SMILES string of the molecule is CC(Oc1ccc(F)cc1Br)C(=O)N1CCNC[C@H]1C. The summed E-state index contributed by atoms with van der Waals surface area (Å²) in [4.78, 5) is 14.2. The van der Waals surface area contributed by atoms with Crippen molar-refractivity contribution >= 4 is 21.8 Å². The number of hydrogen-bond acceptors (Lipinski definition) is 3. The Bertz CT molecular complexity index is 498. The van der Waals surface area contributed by atoms with Crippen molar-refractivity contribution in [3.8, 4) is 5.75 Å². The van der Waals surface area contributed by atoms with Crippen LogP contribution in [0.3, 0.4) is 0 Å². The predicted octanol–water partition coefficient (Wildman–Crippen LogP) is 2.18. The van der Waals surface area contributed by atoms with Gasteiger partial charge >= 0.3 is 0 Å². The zero-order valence-electron chi connectivity index (χ0n) is 11.5. The molecule has 1 aliphatic heterocycles. The largest absolute Gasteiger partial charge is 0.480 e. The molecule has 0 aliphatic carbocycles. The van der Waals surface area contributed by atoms with Crippen LogP contribution in [0.5, 0.6) is 5.75 Å². The van der Waals surface area contributed by atoms with E-state index in [0.29, 0.717) is 16.8 Å². The summed E-state index contributed by atoms with van der Waals surface area (Å²) in [7, 11) is 0. The second-order valence-electron chi connectivity index (χ2n) is 4.92. The van der Waals surface area contributed by atoms with E-state index in [1.54, 1.807) is 6.92 Å². The van der Waals surface area contributed by atoms with Crippen molar-refractivity contribution in [1.29, 1.82) is 0 Å². The summed E-state index contributed by atoms with van der Waals surface area (Å²) in [6.45, 7) is 5.98. The molecule has 0 spiro atoms. The fraction of sp³-hybridized carbons (Fsp3) is 0.500. The summed E-state index contributed by atoms with van der Waals surface area (Å²) in [5, 5.41) is 3.24. The quantitative estimate of drug-likeness (QED) is 0.913. The van der Waals surface area contributed by atoms with Crippen molar-refractivity contribution in [3.63, 3.8) is 0 Å². The number of nitrogens with zero attached hydrogens (tertiary/aromatic N) is 1. The standard InChI is InChI=1S/C14H18BrFN2O2/c1-9-8-17-5-6-18(9)14(19)10(2)20-13-4-3-11(16)7-12(13)15/h3-4,7,9-10,17H,5-6,8H2,1-2H3/t9-,10?/m1/s1. The van der Waals surface area contributed by atoms with Crippen molar-refractivity contribution in [2.45, 2.75) is 26.0 Å². The Morgan fingerprint density at radius 3 is 3.00 bits per heavy atom. The van der Waals surface area contributed by atoms with Crippen LogP contribution in [-0.2, 0) is 4.79 Å². The zero-order valence-corrected chi connectivity index (χ0v) is 13.1. The van der Waals surface area contributed by atoms with Gasteiger partial charge in [0.2, 0.25) is 0 Å². The topological polar surface area (TPSA) is 41.6 Å². The average Bonchev–Trinajstić information content (AvgIpc) is 2.41. The number of nitrogens with one attached hydrogen (secondary N) is 1. The van der Waals surface area contributed by atoms with E-state index in [4.69, 9.17) is 4.74 Å². The highest BCUT2D eigenvalue weighted by Crippen LogP contribution is 2.26. The van der Waals surface area contributed by atoms with Crippen molar-refractivity contribution in [3.05, 3.63) is 28.5 Å². The smallest absolute Gasteiger partial charge is 0.263 e. The number of ether oxygens (including phenoxy) is 1. The number of hydrogen-bond donors (Lipinski definition) is 1. The third-order valence-electron chi connectivity index (χ3n) is 3.33. The molecule has 1 aromatic rings. The van der Waals surface area contributed by atoms with Gasteiger partial charge < -0.3 is 15.0 Å². The van der Waals surface area contributed by atoms with Crippen LogP contribution in [-0.4, -0.2) is 42.6 Å². The first kappa shape index (κ1) is 15.3. The number of carbonyl (C=O) groups is 1. The molecule has 0 bridgehead atoms. The van der Waals surface area contributed by atoms with Gasteiger partial charge in [-0.1, -0.05) is 0 Å². The number of piperazine rings is 1. The first-order valence-corrected chi connectivity index (χ1v) is 7.41. The van der Waals surface area contributed by atoms with Crippen molar-refractivity contribution in [1.82, 2.24) is 10.2 Å². The Kier molecular flexibility index (Phi) is 4.99. The van der Waals surface area contributed by atoms with Gasteiger partial charge in [-0.3, -0.25) is 4.79 Å². The van der Waals surface area contributed by atoms with Crippen molar-refractivity contribution in [2.75, 3.05) is 19.6 Å². The number of halogens is 2. The van der Waals surface area contributed by atoms with Crippen LogP contribution in [0, 0.1) is 5.82 Å². The lowest BCUT2D eigenvalue weighted by Crippen LogP contribution is -2.55. The Labute approximate surface area is 126 Å². The van der Waals surface area contributed by atoms with Crippen molar-refractivity contribution in [2.24, 2.45) is 0 Å². The second kappa shape index (κ2) is 6.54. The van der Waals surface area contributed by atoms with Crippen LogP contribution in [0.4, 0.5) is 4.39 Å². The van der Waals surface area contributed by atoms with Gasteiger partial charge in [0.15, 0.2) is 6.10 Å². The lowest BCUT2D eigenvalue weighted by molar-refractivity contribution is -0.140. The van der Waals surface area contributed by atoms with E-state index in [2.05, 4.69) is 21.2 Å². The summed E-state index contributed by atoms with van der Waals surface area (Å²) in [6.07, 6.45) is -0.600. The number of benzene rings is 1. The number of carbonyl (C=O) groups excluding carboxylic acids is 1. The van der Waals surface area contributed by atoms with Gasteiger partial charge in [0, 0.05) is 25.7 Å². The molecule has 1 aliphatic rings. The molecule has 6 heteroatoms. The van der Waals surface area contributed by atoms with Crippen LogP contribution in [0.15, 0.2) is 22.7 Å². The maximum atomic E-state index is 13.0. The molecule has 1 heterocycles. The highest BCUT2D eigenvalue weighted by molar-refractivity contribution is 9.10. The molecule has 1 fully saturated rings. The summed E-state index contributed by atoms with van der Waals surface area (Å²) in [5.74, 6) is 0.0733. The molecule has 1 unspecified atom stereocenters. The molecule has 2 rings (SSSR count). The molecule has 4 nitrogen and oxygen atoms in total. The highest BCUT2D eigenvalue weighted by atomic mass is 79.9. The molecule has 0 aromatic heterocycles. The van der Waals surface area contributed by atoms with E-state index in [0.717, 1.165) is 13.1 Å². The van der Waals surface area contributed by atoms with Crippen LogP contribution in [0.2, 0.25) is 0 Å². The van der Waals surface area contributed by atoms with E-state index >= 15 is 0 Å². The molecule has 110 valence electrons. The Morgan fingerprint density at radius 2 is 2.35 bits per heavy atom. The monoisotopic (exact) mass is 344 g/mol. The van der Waals surface area contributed by atoms with E-state index in [-0.39, 0.29) is 17.8 Å². The Hall–Kier alpha value is -1.14. The second-order valence-corrected chi connectivity index (χ2v) is 5.77. The van der Waals surface area contributed by atoms with Gasteiger partial charge in [-0.15, -0.1) is 0 Å². The third-order valence-corrected chi connectivity index (χ3v) is 3.95. The van der Waals surface area contributed by atoms with Crippen LogP contribution in [0.1, 0.15) is 13.8 Å². The highest BCUT2D eigenvalue weighted by Gasteiger charge is 2.28. The third kappa shape index (κ3) is 3.49. The van der Waals surface area contributed by atoms with Gasteiger partial charge in [0.05, 0.1) is 4.47 Å². The van der Waals surface area contributed by atoms with E-state index < -0.39 is 6.10 Å². The molecule has 1 aromatic carbocycles. The van der Waals surface area contributed by atoms with E-state index in [9.17, 15) is 9.18 Å². The van der Waals surface area contributed by atoms with E-state index in [1.165, 1.54) is 18.2 Å². The fourth-order valence-corrected chi connectivity index (χ4v) is 2.66. The lowest BCUT2D eigenvalue weighted by Gasteiger charge is -2.35. The Balaban J connectivity index is 2.03. The van der Waals surface area contributed by atoms with Gasteiger partial charge in [0.1, 0.15) is 11.6 Å². The molecule has 20 heavy (non-hydrogen) atoms. The summed E-state index contributed by atoms with van der Waals surface area (Å²) in [6, 6.07) is 4.30. The van der Waals surface area contributed by atoms with Crippen LogP contribution in [0.25, 0.3) is 0 Å². The van der Waals surface area contributed by atoms with Gasteiger partial charge in [-0.25, -0.2) is 4.39 Å². The predicted molar refractivity (Wildman–Crippen MR) is 78.2 cm³/mol. The molecule has 0 saturated carbocycles. The van der Waals surface area contributed by atoms with Crippen molar-refractivity contribution < 1.29 is 13.9 Å². The number of rotatable bonds is 3. The van der Waals surface area contributed by atoms with Crippen LogP contribution < -0.4 is 10.1 Å². The van der Waals surface area contributed by atoms with E-state index in [1.807, 2.05) is 11.8 Å². The lowest BCUT2D eigenvalue weighted by atomic mass is 10.2. The molecule has 0 radical (unpaired) electrons. The minimum absolute atomic E-state index is 0.0461. The zero-order chi connectivity index (χ0) is 14.7. The van der Waals surface area contributed by atoms with Gasteiger partial charge in [-0.2, -0.15) is 0 Å². The maximum Gasteiger partial charge on any atom is 0.263 e. The normalized spacial score (nSPS) is 20.6. The molecular formula is C14H18BrFN2O2. The summed E-state index contributed by atoms with van der Waals surface area (Å²) >= 11 is 3.23. The molecule has 1 N–H and O–H groups in total. The van der Waals surface area contributed by atoms with Crippen LogP contribution >= 0.6 is 15.9 Å². The maximum absolute atomic E-state index is 13.0. The summed E-state index contributed by atoms with van der Waals surface area (Å²) < 4.78 is 19.2. The molecule has 1 saturated heterocycles. The van der Waals surface area contributed by atoms with Gasteiger partial charge in [0.25, 0.3) is 5.91 Å². The molecule has 2 atom stereocenters. The first-order valence-electron chi connectivity index (χ1n) is 6.62. The minimum atomic E-state index is -0.600. The number of amides is 1.